The highest BCUT2D eigenvalue weighted by Gasteiger charge is 2.12. The Morgan fingerprint density at radius 1 is 1.03 bits per heavy atom. The molecule has 0 aliphatic rings. The predicted octanol–water partition coefficient (Wildman–Crippen LogP) is 4.02. The summed E-state index contributed by atoms with van der Waals surface area (Å²) >= 11 is 0. The lowest BCUT2D eigenvalue weighted by atomic mass is 10.2. The molecule has 1 amide bonds. The standard InChI is InChI=1S/C23H21N5O2/c1-15-26-20(23(29)25-14-16-8-10-18(30-2)11-9-16)13-21(27-15)28-19-7-3-5-17-6-4-12-24-22(17)19/h3-13H,14H2,1-2H3,(H,25,29)(H,26,27,28). The summed E-state index contributed by atoms with van der Waals surface area (Å²) in [7, 11) is 1.62. The van der Waals surface area contributed by atoms with Gasteiger partial charge in [0.1, 0.15) is 23.1 Å². The van der Waals surface area contributed by atoms with Gasteiger partial charge in [-0.15, -0.1) is 0 Å². The molecule has 7 heteroatoms. The summed E-state index contributed by atoms with van der Waals surface area (Å²) in [5.41, 5.74) is 2.92. The van der Waals surface area contributed by atoms with Gasteiger partial charge in [-0.3, -0.25) is 9.78 Å². The van der Waals surface area contributed by atoms with Crippen molar-refractivity contribution in [3.63, 3.8) is 0 Å². The molecule has 0 radical (unpaired) electrons. The van der Waals surface area contributed by atoms with Crippen molar-refractivity contribution in [1.82, 2.24) is 20.3 Å². The van der Waals surface area contributed by atoms with E-state index in [1.54, 1.807) is 26.3 Å². The summed E-state index contributed by atoms with van der Waals surface area (Å²) < 4.78 is 5.15. The van der Waals surface area contributed by atoms with E-state index in [-0.39, 0.29) is 5.91 Å². The van der Waals surface area contributed by atoms with Crippen molar-refractivity contribution in [2.24, 2.45) is 0 Å². The minimum Gasteiger partial charge on any atom is -0.497 e. The van der Waals surface area contributed by atoms with Gasteiger partial charge in [0.05, 0.1) is 18.3 Å². The molecule has 0 unspecified atom stereocenters. The third-order valence-electron chi connectivity index (χ3n) is 4.58. The SMILES string of the molecule is COc1ccc(CNC(=O)c2cc(Nc3cccc4cccnc34)nc(C)n2)cc1. The molecule has 30 heavy (non-hydrogen) atoms. The molecule has 4 aromatic rings. The summed E-state index contributed by atoms with van der Waals surface area (Å²) in [6.45, 7) is 2.15. The van der Waals surface area contributed by atoms with Gasteiger partial charge in [-0.1, -0.05) is 30.3 Å². The minimum absolute atomic E-state index is 0.268. The molecule has 2 heterocycles. The fraction of sp³-hybridized carbons (Fsp3) is 0.130. The number of hydrogen-bond acceptors (Lipinski definition) is 6. The Kier molecular flexibility index (Phi) is 5.52. The molecule has 4 rings (SSSR count). The lowest BCUT2D eigenvalue weighted by Gasteiger charge is -2.11. The van der Waals surface area contributed by atoms with Crippen LogP contribution in [0.3, 0.4) is 0 Å². The predicted molar refractivity (Wildman–Crippen MR) is 116 cm³/mol. The van der Waals surface area contributed by atoms with Gasteiger partial charge in [-0.2, -0.15) is 0 Å². The molecule has 0 saturated heterocycles. The summed E-state index contributed by atoms with van der Waals surface area (Å²) in [5, 5.41) is 7.17. The van der Waals surface area contributed by atoms with E-state index in [2.05, 4.69) is 25.6 Å². The molecule has 2 aromatic heterocycles. The number of anilines is 2. The first-order chi connectivity index (χ1) is 14.6. The van der Waals surface area contributed by atoms with E-state index in [9.17, 15) is 4.79 Å². The maximum atomic E-state index is 12.6. The van der Waals surface area contributed by atoms with E-state index in [4.69, 9.17) is 4.74 Å². The molecule has 0 aliphatic heterocycles. The Balaban J connectivity index is 1.51. The van der Waals surface area contributed by atoms with E-state index in [1.807, 2.05) is 54.6 Å². The monoisotopic (exact) mass is 399 g/mol. The average Bonchev–Trinajstić information content (AvgIpc) is 2.77. The number of rotatable bonds is 6. The smallest absolute Gasteiger partial charge is 0.270 e. The van der Waals surface area contributed by atoms with E-state index in [0.29, 0.717) is 23.9 Å². The Bertz CT molecular complexity index is 1190. The highest BCUT2D eigenvalue weighted by molar-refractivity contribution is 5.94. The first-order valence-electron chi connectivity index (χ1n) is 9.50. The number of ether oxygens (including phenoxy) is 1. The van der Waals surface area contributed by atoms with Crippen LogP contribution in [0, 0.1) is 6.92 Å². The van der Waals surface area contributed by atoms with Gasteiger partial charge >= 0.3 is 0 Å². The minimum atomic E-state index is -0.268. The van der Waals surface area contributed by atoms with Crippen LogP contribution in [0.1, 0.15) is 21.9 Å². The zero-order valence-electron chi connectivity index (χ0n) is 16.7. The molecule has 2 N–H and O–H groups in total. The van der Waals surface area contributed by atoms with Crippen LogP contribution in [0.4, 0.5) is 11.5 Å². The second-order valence-electron chi connectivity index (χ2n) is 6.72. The molecule has 2 aromatic carbocycles. The van der Waals surface area contributed by atoms with E-state index in [0.717, 1.165) is 27.9 Å². The summed E-state index contributed by atoms with van der Waals surface area (Å²) in [6.07, 6.45) is 1.75. The number of carbonyl (C=O) groups excluding carboxylic acids is 1. The van der Waals surface area contributed by atoms with E-state index >= 15 is 0 Å². The Labute approximate surface area is 174 Å². The molecule has 0 aliphatic carbocycles. The number of benzene rings is 2. The van der Waals surface area contributed by atoms with Gasteiger partial charge in [-0.05, 0) is 36.8 Å². The van der Waals surface area contributed by atoms with Crippen molar-refractivity contribution < 1.29 is 9.53 Å². The van der Waals surface area contributed by atoms with Gasteiger partial charge in [0.25, 0.3) is 5.91 Å². The largest absolute Gasteiger partial charge is 0.497 e. The maximum absolute atomic E-state index is 12.6. The van der Waals surface area contributed by atoms with Gasteiger partial charge in [-0.25, -0.2) is 9.97 Å². The van der Waals surface area contributed by atoms with Crippen molar-refractivity contribution in [1.29, 1.82) is 0 Å². The maximum Gasteiger partial charge on any atom is 0.270 e. The van der Waals surface area contributed by atoms with Crippen molar-refractivity contribution in [2.75, 3.05) is 12.4 Å². The molecular formula is C23H21N5O2. The van der Waals surface area contributed by atoms with Crippen molar-refractivity contribution in [3.05, 3.63) is 83.9 Å². The first-order valence-corrected chi connectivity index (χ1v) is 9.50. The number of aromatic nitrogens is 3. The number of pyridine rings is 1. The van der Waals surface area contributed by atoms with Crippen molar-refractivity contribution in [2.45, 2.75) is 13.5 Å². The van der Waals surface area contributed by atoms with Crippen LogP contribution in [0.5, 0.6) is 5.75 Å². The average molecular weight is 399 g/mol. The normalized spacial score (nSPS) is 10.6. The number of fused-ring (bicyclic) bond motifs is 1. The fourth-order valence-corrected chi connectivity index (χ4v) is 3.11. The zero-order valence-corrected chi connectivity index (χ0v) is 16.7. The molecule has 0 spiro atoms. The van der Waals surface area contributed by atoms with Crippen molar-refractivity contribution >= 4 is 28.3 Å². The second kappa shape index (κ2) is 8.57. The molecule has 0 fully saturated rings. The van der Waals surface area contributed by atoms with Crippen LogP contribution in [0.2, 0.25) is 0 Å². The highest BCUT2D eigenvalue weighted by atomic mass is 16.5. The van der Waals surface area contributed by atoms with Crippen LogP contribution in [-0.4, -0.2) is 28.0 Å². The van der Waals surface area contributed by atoms with Gasteiger partial charge < -0.3 is 15.4 Å². The fourth-order valence-electron chi connectivity index (χ4n) is 3.11. The second-order valence-corrected chi connectivity index (χ2v) is 6.72. The third-order valence-corrected chi connectivity index (χ3v) is 4.58. The first kappa shape index (κ1) is 19.3. The number of nitrogens with one attached hydrogen (secondary N) is 2. The van der Waals surface area contributed by atoms with Crippen LogP contribution < -0.4 is 15.4 Å². The molecule has 150 valence electrons. The number of aryl methyl sites for hydroxylation is 1. The number of carbonyl (C=O) groups is 1. The Morgan fingerprint density at radius 2 is 1.83 bits per heavy atom. The summed E-state index contributed by atoms with van der Waals surface area (Å²) in [6, 6.07) is 18.9. The number of nitrogens with zero attached hydrogens (tertiary/aromatic N) is 3. The highest BCUT2D eigenvalue weighted by Crippen LogP contribution is 2.24. The Hall–Kier alpha value is -4.00. The van der Waals surface area contributed by atoms with Crippen LogP contribution in [0.15, 0.2) is 66.9 Å². The van der Waals surface area contributed by atoms with Crippen LogP contribution in [0.25, 0.3) is 10.9 Å². The van der Waals surface area contributed by atoms with Gasteiger partial charge in [0.2, 0.25) is 0 Å². The molecular weight excluding hydrogens is 378 g/mol. The van der Waals surface area contributed by atoms with Crippen molar-refractivity contribution in [3.8, 4) is 5.75 Å². The third kappa shape index (κ3) is 4.35. The number of para-hydroxylation sites is 1. The zero-order chi connectivity index (χ0) is 20.9. The number of hydrogen-bond donors (Lipinski definition) is 2. The van der Waals surface area contributed by atoms with Crippen LogP contribution in [-0.2, 0) is 6.54 Å². The van der Waals surface area contributed by atoms with Crippen LogP contribution >= 0.6 is 0 Å². The summed E-state index contributed by atoms with van der Waals surface area (Å²) in [5.74, 6) is 1.55. The quantitative estimate of drug-likeness (QED) is 0.509. The van der Waals surface area contributed by atoms with E-state index in [1.165, 1.54) is 0 Å². The van der Waals surface area contributed by atoms with Gasteiger partial charge in [0.15, 0.2) is 0 Å². The lowest BCUT2D eigenvalue weighted by Crippen LogP contribution is -2.24. The molecule has 7 nitrogen and oxygen atoms in total. The van der Waals surface area contributed by atoms with Gasteiger partial charge in [0, 0.05) is 24.2 Å². The number of amides is 1. The Morgan fingerprint density at radius 3 is 2.63 bits per heavy atom. The lowest BCUT2D eigenvalue weighted by molar-refractivity contribution is 0.0945. The molecule has 0 bridgehead atoms. The summed E-state index contributed by atoms with van der Waals surface area (Å²) in [4.78, 5) is 25.8. The molecule has 0 atom stereocenters. The topological polar surface area (TPSA) is 89.0 Å². The molecule has 0 saturated carbocycles. The van der Waals surface area contributed by atoms with E-state index < -0.39 is 0 Å². The number of methoxy groups -OCH3 is 1.